The second-order valence-corrected chi connectivity index (χ2v) is 5.21. The van der Waals surface area contributed by atoms with Gasteiger partial charge in [0, 0.05) is 18.8 Å². The zero-order valence-corrected chi connectivity index (χ0v) is 11.3. The van der Waals surface area contributed by atoms with Crippen molar-refractivity contribution in [2.75, 3.05) is 0 Å². The predicted octanol–water partition coefficient (Wildman–Crippen LogP) is 2.32. The smallest absolute Gasteiger partial charge is 0.119 e. The van der Waals surface area contributed by atoms with Gasteiger partial charge in [0.25, 0.3) is 0 Å². The molecule has 2 aromatic rings. The zero-order valence-electron chi connectivity index (χ0n) is 11.3. The SMILES string of the molecule is Cc1nn(C)cc1C(N)c1ccc(OC2CC2)cc1. The van der Waals surface area contributed by atoms with Crippen LogP contribution in [0.2, 0.25) is 0 Å². The molecule has 1 unspecified atom stereocenters. The molecular weight excluding hydrogens is 238 g/mol. The molecule has 1 aromatic carbocycles. The zero-order chi connectivity index (χ0) is 13.4. The molecular formula is C15H19N3O. The van der Waals surface area contributed by atoms with Crippen LogP contribution in [0.1, 0.15) is 35.7 Å². The second kappa shape index (κ2) is 4.70. The highest BCUT2D eigenvalue weighted by molar-refractivity contribution is 5.36. The monoisotopic (exact) mass is 257 g/mol. The van der Waals surface area contributed by atoms with Crippen molar-refractivity contribution in [3.63, 3.8) is 0 Å². The minimum absolute atomic E-state index is 0.135. The molecule has 100 valence electrons. The molecule has 19 heavy (non-hydrogen) atoms. The van der Waals surface area contributed by atoms with Crippen molar-refractivity contribution >= 4 is 0 Å². The van der Waals surface area contributed by atoms with E-state index in [2.05, 4.69) is 5.10 Å². The van der Waals surface area contributed by atoms with Crippen LogP contribution in [0.4, 0.5) is 0 Å². The molecule has 4 heteroatoms. The van der Waals surface area contributed by atoms with Crippen molar-refractivity contribution in [3.8, 4) is 5.75 Å². The number of aryl methyl sites for hydroxylation is 2. The molecule has 2 N–H and O–H groups in total. The van der Waals surface area contributed by atoms with Gasteiger partial charge in [-0.05, 0) is 37.5 Å². The Hall–Kier alpha value is -1.81. The minimum Gasteiger partial charge on any atom is -0.490 e. The van der Waals surface area contributed by atoms with Crippen molar-refractivity contribution in [3.05, 3.63) is 47.3 Å². The largest absolute Gasteiger partial charge is 0.490 e. The topological polar surface area (TPSA) is 53.1 Å². The van der Waals surface area contributed by atoms with E-state index in [-0.39, 0.29) is 6.04 Å². The maximum absolute atomic E-state index is 6.30. The maximum Gasteiger partial charge on any atom is 0.119 e. The van der Waals surface area contributed by atoms with Crippen molar-refractivity contribution in [1.29, 1.82) is 0 Å². The van der Waals surface area contributed by atoms with E-state index in [1.54, 1.807) is 4.68 Å². The number of nitrogens with two attached hydrogens (primary N) is 1. The average Bonchev–Trinajstić information content (AvgIpc) is 3.13. The fourth-order valence-corrected chi connectivity index (χ4v) is 2.23. The van der Waals surface area contributed by atoms with E-state index in [0.717, 1.165) is 22.6 Å². The van der Waals surface area contributed by atoms with Gasteiger partial charge in [0.15, 0.2) is 0 Å². The van der Waals surface area contributed by atoms with Crippen LogP contribution >= 0.6 is 0 Å². The Balaban J connectivity index is 1.78. The van der Waals surface area contributed by atoms with Gasteiger partial charge >= 0.3 is 0 Å². The molecule has 1 fully saturated rings. The first kappa shape index (κ1) is 12.2. The summed E-state index contributed by atoms with van der Waals surface area (Å²) >= 11 is 0. The lowest BCUT2D eigenvalue weighted by Gasteiger charge is -2.12. The second-order valence-electron chi connectivity index (χ2n) is 5.21. The summed E-state index contributed by atoms with van der Waals surface area (Å²) in [5.41, 5.74) is 9.43. The third-order valence-corrected chi connectivity index (χ3v) is 3.45. The minimum atomic E-state index is -0.135. The first-order chi connectivity index (χ1) is 9.13. The fraction of sp³-hybridized carbons (Fsp3) is 0.400. The quantitative estimate of drug-likeness (QED) is 0.914. The molecule has 1 aliphatic rings. The summed E-state index contributed by atoms with van der Waals surface area (Å²) in [6.07, 6.45) is 4.76. The molecule has 0 aliphatic heterocycles. The van der Waals surface area contributed by atoms with Gasteiger partial charge in [-0.1, -0.05) is 12.1 Å². The Bertz CT molecular complexity index is 570. The Kier molecular flexibility index (Phi) is 3.03. The highest BCUT2D eigenvalue weighted by Gasteiger charge is 2.23. The lowest BCUT2D eigenvalue weighted by molar-refractivity contribution is 0.303. The average molecular weight is 257 g/mol. The summed E-state index contributed by atoms with van der Waals surface area (Å²) in [7, 11) is 1.91. The van der Waals surface area contributed by atoms with E-state index >= 15 is 0 Å². The van der Waals surface area contributed by atoms with E-state index in [9.17, 15) is 0 Å². The molecule has 1 saturated carbocycles. The van der Waals surface area contributed by atoms with Crippen molar-refractivity contribution in [2.45, 2.75) is 31.9 Å². The Morgan fingerprint density at radius 3 is 2.53 bits per heavy atom. The van der Waals surface area contributed by atoms with E-state index in [4.69, 9.17) is 10.5 Å². The summed E-state index contributed by atoms with van der Waals surface area (Å²) in [4.78, 5) is 0. The molecule has 0 saturated heterocycles. The molecule has 0 spiro atoms. The molecule has 0 amide bonds. The van der Waals surface area contributed by atoms with E-state index in [1.807, 2.05) is 44.4 Å². The summed E-state index contributed by atoms with van der Waals surface area (Å²) in [6.45, 7) is 1.99. The molecule has 0 bridgehead atoms. The molecule has 1 heterocycles. The molecule has 3 rings (SSSR count). The predicted molar refractivity (Wildman–Crippen MR) is 74.1 cm³/mol. The molecule has 1 aromatic heterocycles. The first-order valence-electron chi connectivity index (χ1n) is 6.66. The number of ether oxygens (including phenoxy) is 1. The third-order valence-electron chi connectivity index (χ3n) is 3.45. The van der Waals surface area contributed by atoms with Crippen LogP contribution < -0.4 is 10.5 Å². The van der Waals surface area contributed by atoms with Crippen LogP contribution in [0.3, 0.4) is 0 Å². The van der Waals surface area contributed by atoms with Gasteiger partial charge in [-0.15, -0.1) is 0 Å². The molecule has 1 atom stereocenters. The van der Waals surface area contributed by atoms with Gasteiger partial charge < -0.3 is 10.5 Å². The number of hydrogen-bond donors (Lipinski definition) is 1. The first-order valence-corrected chi connectivity index (χ1v) is 6.66. The number of nitrogens with zero attached hydrogens (tertiary/aromatic N) is 2. The lowest BCUT2D eigenvalue weighted by Crippen LogP contribution is -2.12. The fourth-order valence-electron chi connectivity index (χ4n) is 2.23. The van der Waals surface area contributed by atoms with Crippen LogP contribution in [-0.4, -0.2) is 15.9 Å². The Morgan fingerprint density at radius 1 is 1.32 bits per heavy atom. The van der Waals surface area contributed by atoms with Crippen molar-refractivity contribution in [2.24, 2.45) is 12.8 Å². The number of benzene rings is 1. The van der Waals surface area contributed by atoms with Crippen molar-refractivity contribution in [1.82, 2.24) is 9.78 Å². The van der Waals surface area contributed by atoms with Gasteiger partial charge in [-0.25, -0.2) is 0 Å². The highest BCUT2D eigenvalue weighted by atomic mass is 16.5. The summed E-state index contributed by atoms with van der Waals surface area (Å²) < 4.78 is 7.54. The number of aromatic nitrogens is 2. The summed E-state index contributed by atoms with van der Waals surface area (Å²) in [6, 6.07) is 7.94. The summed E-state index contributed by atoms with van der Waals surface area (Å²) in [5.74, 6) is 0.932. The standard InChI is InChI=1S/C15H19N3O/c1-10-14(9-18(2)17-10)15(16)11-3-5-12(6-4-11)19-13-7-8-13/h3-6,9,13,15H,7-8,16H2,1-2H3. The van der Waals surface area contributed by atoms with Crippen LogP contribution in [0.5, 0.6) is 5.75 Å². The number of hydrogen-bond acceptors (Lipinski definition) is 3. The number of rotatable bonds is 4. The Labute approximate surface area is 113 Å². The van der Waals surface area contributed by atoms with E-state index in [0.29, 0.717) is 6.10 Å². The molecule has 1 aliphatic carbocycles. The van der Waals surface area contributed by atoms with Gasteiger partial charge in [0.2, 0.25) is 0 Å². The van der Waals surface area contributed by atoms with E-state index < -0.39 is 0 Å². The maximum atomic E-state index is 6.30. The van der Waals surface area contributed by atoms with Crippen molar-refractivity contribution < 1.29 is 4.74 Å². The van der Waals surface area contributed by atoms with Gasteiger partial charge in [0.05, 0.1) is 17.8 Å². The van der Waals surface area contributed by atoms with Crippen LogP contribution in [-0.2, 0) is 7.05 Å². The van der Waals surface area contributed by atoms with Gasteiger partial charge in [0.1, 0.15) is 5.75 Å². The lowest BCUT2D eigenvalue weighted by atomic mass is 10.0. The van der Waals surface area contributed by atoms with Crippen LogP contribution in [0, 0.1) is 6.92 Å². The third kappa shape index (κ3) is 2.63. The highest BCUT2D eigenvalue weighted by Crippen LogP contribution is 2.28. The normalized spacial score (nSPS) is 16.4. The molecule has 0 radical (unpaired) electrons. The summed E-state index contributed by atoms with van der Waals surface area (Å²) in [5, 5.41) is 4.33. The Morgan fingerprint density at radius 2 is 2.00 bits per heavy atom. The van der Waals surface area contributed by atoms with E-state index in [1.165, 1.54) is 12.8 Å². The van der Waals surface area contributed by atoms with Gasteiger partial charge in [-0.2, -0.15) is 5.10 Å². The van der Waals surface area contributed by atoms with Gasteiger partial charge in [-0.3, -0.25) is 4.68 Å². The molecule has 4 nitrogen and oxygen atoms in total. The van der Waals surface area contributed by atoms with Crippen LogP contribution in [0.25, 0.3) is 0 Å². The van der Waals surface area contributed by atoms with Crippen LogP contribution in [0.15, 0.2) is 30.5 Å².